The third-order valence-electron chi connectivity index (χ3n) is 4.34. The number of nitrogens with zero attached hydrogens (tertiary/aromatic N) is 1. The van der Waals surface area contributed by atoms with Crippen LogP contribution >= 0.6 is 0 Å². The lowest BCUT2D eigenvalue weighted by Crippen LogP contribution is -2.49. The Balaban J connectivity index is 2.02. The van der Waals surface area contributed by atoms with Crippen molar-refractivity contribution >= 4 is 6.03 Å². The van der Waals surface area contributed by atoms with Crippen molar-refractivity contribution in [2.75, 3.05) is 19.6 Å². The fourth-order valence-corrected chi connectivity index (χ4v) is 2.77. The molecule has 0 aliphatic carbocycles. The summed E-state index contributed by atoms with van der Waals surface area (Å²) >= 11 is 0. The first-order chi connectivity index (χ1) is 11.1. The quantitative estimate of drug-likeness (QED) is 0.885. The largest absolute Gasteiger partial charge is 0.416 e. The van der Waals surface area contributed by atoms with Gasteiger partial charge in [0.15, 0.2) is 0 Å². The molecule has 0 spiro atoms. The number of benzene rings is 1. The zero-order chi connectivity index (χ0) is 18.0. The van der Waals surface area contributed by atoms with Crippen LogP contribution in [0.1, 0.15) is 37.8 Å². The van der Waals surface area contributed by atoms with E-state index in [1.807, 2.05) is 0 Å². The van der Waals surface area contributed by atoms with Gasteiger partial charge in [-0.2, -0.15) is 13.2 Å². The summed E-state index contributed by atoms with van der Waals surface area (Å²) in [6.45, 7) is 4.64. The average molecular weight is 344 g/mol. The predicted molar refractivity (Wildman–Crippen MR) is 84.7 cm³/mol. The number of hydrogen-bond donors (Lipinski definition) is 2. The Hall–Kier alpha value is -1.76. The smallest absolute Gasteiger partial charge is 0.391 e. The molecule has 2 rings (SSSR count). The van der Waals surface area contributed by atoms with Crippen molar-refractivity contribution in [2.45, 2.75) is 44.4 Å². The summed E-state index contributed by atoms with van der Waals surface area (Å²) in [4.78, 5) is 13.7. The van der Waals surface area contributed by atoms with Gasteiger partial charge in [-0.1, -0.05) is 32.0 Å². The van der Waals surface area contributed by atoms with Crippen molar-refractivity contribution < 1.29 is 23.1 Å². The maximum Gasteiger partial charge on any atom is 0.416 e. The number of aliphatic hydroxyl groups excluding tert-OH is 1. The van der Waals surface area contributed by atoms with E-state index in [2.05, 4.69) is 5.32 Å². The molecule has 4 nitrogen and oxygen atoms in total. The summed E-state index contributed by atoms with van der Waals surface area (Å²) in [6.07, 6.45) is -3.48. The highest BCUT2D eigenvalue weighted by molar-refractivity contribution is 5.74. The third-order valence-corrected chi connectivity index (χ3v) is 4.34. The van der Waals surface area contributed by atoms with Gasteiger partial charge in [-0.05, 0) is 24.5 Å². The van der Waals surface area contributed by atoms with Crippen molar-refractivity contribution in [3.63, 3.8) is 0 Å². The van der Waals surface area contributed by atoms with Crippen LogP contribution in [0.25, 0.3) is 0 Å². The highest BCUT2D eigenvalue weighted by Gasteiger charge is 2.32. The van der Waals surface area contributed by atoms with E-state index in [1.54, 1.807) is 19.9 Å². The number of piperidine rings is 1. The minimum absolute atomic E-state index is 0.208. The zero-order valence-corrected chi connectivity index (χ0v) is 13.9. The number of carbonyl (C=O) groups excluding carboxylic acids is 1. The number of hydrogen-bond acceptors (Lipinski definition) is 2. The van der Waals surface area contributed by atoms with Crippen molar-refractivity contribution in [1.29, 1.82) is 0 Å². The number of halogens is 3. The van der Waals surface area contributed by atoms with E-state index in [0.717, 1.165) is 18.6 Å². The van der Waals surface area contributed by atoms with Crippen LogP contribution in [-0.2, 0) is 11.6 Å². The van der Waals surface area contributed by atoms with Gasteiger partial charge in [0.1, 0.15) is 0 Å². The van der Waals surface area contributed by atoms with Gasteiger partial charge in [0.05, 0.1) is 11.7 Å². The SMILES string of the molecule is CC(C)(CNC(=O)N1CCCC(O)C1)c1cccc(C(F)(F)F)c1. The summed E-state index contributed by atoms with van der Waals surface area (Å²) in [6, 6.07) is 4.87. The first-order valence-electron chi connectivity index (χ1n) is 7.98. The number of urea groups is 1. The minimum atomic E-state index is -4.39. The normalized spacial score (nSPS) is 19.2. The van der Waals surface area contributed by atoms with Crippen LogP contribution in [0, 0.1) is 0 Å². The van der Waals surface area contributed by atoms with Crippen molar-refractivity contribution in [3.05, 3.63) is 35.4 Å². The van der Waals surface area contributed by atoms with Crippen LogP contribution < -0.4 is 5.32 Å². The molecule has 24 heavy (non-hydrogen) atoms. The monoisotopic (exact) mass is 344 g/mol. The molecular weight excluding hydrogens is 321 g/mol. The lowest BCUT2D eigenvalue weighted by molar-refractivity contribution is -0.137. The molecular formula is C17H23F3N2O2. The second kappa shape index (κ2) is 7.01. The van der Waals surface area contributed by atoms with E-state index < -0.39 is 23.3 Å². The van der Waals surface area contributed by atoms with Gasteiger partial charge in [-0.15, -0.1) is 0 Å². The highest BCUT2D eigenvalue weighted by atomic mass is 19.4. The Morgan fingerprint density at radius 1 is 1.33 bits per heavy atom. The van der Waals surface area contributed by atoms with E-state index in [4.69, 9.17) is 0 Å². The fraction of sp³-hybridized carbons (Fsp3) is 0.588. The first-order valence-corrected chi connectivity index (χ1v) is 7.98. The molecule has 1 heterocycles. The molecule has 2 amide bonds. The molecule has 0 aromatic heterocycles. The van der Waals surface area contributed by atoms with Gasteiger partial charge < -0.3 is 15.3 Å². The van der Waals surface area contributed by atoms with Crippen LogP contribution in [0.5, 0.6) is 0 Å². The van der Waals surface area contributed by atoms with Gasteiger partial charge in [0.25, 0.3) is 0 Å². The lowest BCUT2D eigenvalue weighted by Gasteiger charge is -2.32. The molecule has 1 unspecified atom stereocenters. The van der Waals surface area contributed by atoms with E-state index in [-0.39, 0.29) is 19.1 Å². The van der Waals surface area contributed by atoms with Crippen LogP contribution in [0.4, 0.5) is 18.0 Å². The van der Waals surface area contributed by atoms with Crippen LogP contribution in [0.2, 0.25) is 0 Å². The van der Waals surface area contributed by atoms with Crippen LogP contribution in [0.15, 0.2) is 24.3 Å². The predicted octanol–water partition coefficient (Wildman–Crippen LogP) is 3.15. The first kappa shape index (κ1) is 18.6. The van der Waals surface area contributed by atoms with E-state index in [0.29, 0.717) is 18.5 Å². The molecule has 0 radical (unpaired) electrons. The molecule has 7 heteroatoms. The second-order valence-electron chi connectivity index (χ2n) is 6.86. The van der Waals surface area contributed by atoms with Gasteiger partial charge in [-0.25, -0.2) is 4.79 Å². The standard InChI is InChI=1S/C17H23F3N2O2/c1-16(2,12-5-3-6-13(9-12)17(18,19)20)11-21-15(24)22-8-4-7-14(23)10-22/h3,5-6,9,14,23H,4,7-8,10-11H2,1-2H3,(H,21,24). The van der Waals surface area contributed by atoms with Crippen molar-refractivity contribution in [1.82, 2.24) is 10.2 Å². The van der Waals surface area contributed by atoms with E-state index in [9.17, 15) is 23.1 Å². The highest BCUT2D eigenvalue weighted by Crippen LogP contribution is 2.32. The Kier molecular flexibility index (Phi) is 5.42. The van der Waals surface area contributed by atoms with Crippen molar-refractivity contribution in [3.8, 4) is 0 Å². The Bertz CT molecular complexity index is 587. The summed E-state index contributed by atoms with van der Waals surface area (Å²) < 4.78 is 38.5. The summed E-state index contributed by atoms with van der Waals surface area (Å²) in [5, 5.41) is 12.4. The lowest BCUT2D eigenvalue weighted by atomic mass is 9.84. The summed E-state index contributed by atoms with van der Waals surface area (Å²) in [7, 11) is 0. The molecule has 1 aromatic carbocycles. The van der Waals surface area contributed by atoms with E-state index >= 15 is 0 Å². The molecule has 0 bridgehead atoms. The fourth-order valence-electron chi connectivity index (χ4n) is 2.77. The maximum absolute atomic E-state index is 12.8. The second-order valence-corrected chi connectivity index (χ2v) is 6.86. The minimum Gasteiger partial charge on any atom is -0.391 e. The van der Waals surface area contributed by atoms with Crippen LogP contribution in [0.3, 0.4) is 0 Å². The number of amides is 2. The van der Waals surface area contributed by atoms with Gasteiger partial charge >= 0.3 is 12.2 Å². The van der Waals surface area contributed by atoms with E-state index in [1.165, 1.54) is 11.0 Å². The molecule has 1 aliphatic heterocycles. The Morgan fingerprint density at radius 2 is 2.00 bits per heavy atom. The molecule has 0 saturated carbocycles. The molecule has 1 aliphatic rings. The maximum atomic E-state index is 12.8. The Morgan fingerprint density at radius 3 is 2.62 bits per heavy atom. The number of carbonyl (C=O) groups is 1. The zero-order valence-electron chi connectivity index (χ0n) is 13.9. The molecule has 1 atom stereocenters. The summed E-state index contributed by atoms with van der Waals surface area (Å²) in [5.41, 5.74) is -0.833. The number of aliphatic hydroxyl groups is 1. The number of likely N-dealkylation sites (tertiary alicyclic amines) is 1. The number of rotatable bonds is 3. The van der Waals surface area contributed by atoms with Gasteiger partial charge in [-0.3, -0.25) is 0 Å². The molecule has 134 valence electrons. The summed E-state index contributed by atoms with van der Waals surface area (Å²) in [5.74, 6) is 0. The molecule has 1 saturated heterocycles. The van der Waals surface area contributed by atoms with Crippen molar-refractivity contribution in [2.24, 2.45) is 0 Å². The molecule has 1 fully saturated rings. The topological polar surface area (TPSA) is 52.6 Å². The Labute approximate surface area is 139 Å². The molecule has 2 N–H and O–H groups in total. The van der Waals surface area contributed by atoms with Gasteiger partial charge in [0, 0.05) is 25.0 Å². The number of nitrogens with one attached hydrogen (secondary N) is 1. The van der Waals surface area contributed by atoms with Crippen LogP contribution in [-0.4, -0.2) is 41.8 Å². The average Bonchev–Trinajstić information content (AvgIpc) is 2.52. The molecule has 1 aromatic rings. The third kappa shape index (κ3) is 4.63. The number of alkyl halides is 3. The number of β-amino-alcohol motifs (C(OH)–C–C–N with tert-alkyl or cyclic N) is 1. The van der Waals surface area contributed by atoms with Gasteiger partial charge in [0.2, 0.25) is 0 Å².